The van der Waals surface area contributed by atoms with Crippen LogP contribution < -0.4 is 0 Å². The van der Waals surface area contributed by atoms with Gasteiger partial charge in [0.15, 0.2) is 0 Å². The molecular formula is C17H21NO3. The van der Waals surface area contributed by atoms with E-state index in [9.17, 15) is 9.59 Å². The number of esters is 1. The Labute approximate surface area is 125 Å². The van der Waals surface area contributed by atoms with Crippen molar-refractivity contribution >= 4 is 11.9 Å². The molecule has 1 fully saturated rings. The SMILES string of the molecule is CCC/C=C1/C(=O)OC(c2ccccc2)[C@H](C)N(C)C1=O. The Hall–Kier alpha value is -2.10. The molecule has 1 unspecified atom stereocenters. The lowest BCUT2D eigenvalue weighted by molar-refractivity contribution is -0.145. The third kappa shape index (κ3) is 3.15. The first-order valence-electron chi connectivity index (χ1n) is 7.29. The van der Waals surface area contributed by atoms with Crippen LogP contribution in [0.1, 0.15) is 38.4 Å². The molecular weight excluding hydrogens is 266 g/mol. The van der Waals surface area contributed by atoms with E-state index in [1.54, 1.807) is 18.0 Å². The molecule has 0 spiro atoms. The second kappa shape index (κ2) is 6.57. The molecule has 0 radical (unpaired) electrons. The molecule has 4 heteroatoms. The molecule has 1 amide bonds. The van der Waals surface area contributed by atoms with Crippen molar-refractivity contribution in [3.05, 3.63) is 47.5 Å². The van der Waals surface area contributed by atoms with Crippen molar-refractivity contribution in [1.29, 1.82) is 0 Å². The molecule has 1 aromatic rings. The van der Waals surface area contributed by atoms with Gasteiger partial charge in [-0.2, -0.15) is 0 Å². The molecule has 1 aliphatic rings. The van der Waals surface area contributed by atoms with Gasteiger partial charge in [-0.15, -0.1) is 0 Å². The van der Waals surface area contributed by atoms with Gasteiger partial charge in [-0.1, -0.05) is 49.8 Å². The number of hydrogen-bond acceptors (Lipinski definition) is 3. The normalized spacial score (nSPS) is 24.9. The summed E-state index contributed by atoms with van der Waals surface area (Å²) in [5.41, 5.74) is 1.04. The number of cyclic esters (lactones) is 1. The highest BCUT2D eigenvalue weighted by molar-refractivity contribution is 6.16. The zero-order chi connectivity index (χ0) is 15.4. The van der Waals surface area contributed by atoms with Gasteiger partial charge in [-0.05, 0) is 18.9 Å². The Morgan fingerprint density at radius 1 is 1.24 bits per heavy atom. The van der Waals surface area contributed by atoms with Gasteiger partial charge in [0.1, 0.15) is 11.7 Å². The fourth-order valence-electron chi connectivity index (χ4n) is 2.39. The van der Waals surface area contributed by atoms with Crippen molar-refractivity contribution in [3.63, 3.8) is 0 Å². The first-order valence-corrected chi connectivity index (χ1v) is 7.29. The summed E-state index contributed by atoms with van der Waals surface area (Å²) in [7, 11) is 1.71. The number of hydrogen-bond donors (Lipinski definition) is 0. The van der Waals surface area contributed by atoms with Crippen molar-refractivity contribution in [3.8, 4) is 0 Å². The minimum atomic E-state index is -0.529. The highest BCUT2D eigenvalue weighted by Crippen LogP contribution is 2.29. The fraction of sp³-hybridized carbons (Fsp3) is 0.412. The maximum Gasteiger partial charge on any atom is 0.344 e. The van der Waals surface area contributed by atoms with Crippen molar-refractivity contribution < 1.29 is 14.3 Å². The summed E-state index contributed by atoms with van der Waals surface area (Å²) in [6.07, 6.45) is 2.81. The molecule has 21 heavy (non-hydrogen) atoms. The van der Waals surface area contributed by atoms with E-state index < -0.39 is 12.1 Å². The van der Waals surface area contributed by atoms with Gasteiger partial charge in [-0.25, -0.2) is 4.79 Å². The Morgan fingerprint density at radius 2 is 1.90 bits per heavy atom. The van der Waals surface area contributed by atoms with E-state index in [1.807, 2.05) is 44.2 Å². The van der Waals surface area contributed by atoms with Crippen LogP contribution in [0.25, 0.3) is 0 Å². The monoisotopic (exact) mass is 287 g/mol. The van der Waals surface area contributed by atoms with Crippen LogP contribution in [0.4, 0.5) is 0 Å². The average Bonchev–Trinajstić information content (AvgIpc) is 2.58. The van der Waals surface area contributed by atoms with E-state index >= 15 is 0 Å². The first kappa shape index (κ1) is 15.3. The van der Waals surface area contributed by atoms with E-state index in [-0.39, 0.29) is 17.5 Å². The maximum absolute atomic E-state index is 12.4. The fourth-order valence-corrected chi connectivity index (χ4v) is 2.39. The standard InChI is InChI=1S/C17H21NO3/c1-4-5-11-14-16(19)18(3)12(2)15(21-17(14)20)13-9-7-6-8-10-13/h6-12,15H,4-5H2,1-3H3/b14-11+/t12-,15?/m0/s1. The molecule has 4 nitrogen and oxygen atoms in total. The van der Waals surface area contributed by atoms with Gasteiger partial charge in [-0.3, -0.25) is 4.79 Å². The molecule has 0 aromatic heterocycles. The highest BCUT2D eigenvalue weighted by Gasteiger charge is 2.37. The van der Waals surface area contributed by atoms with Crippen LogP contribution in [0.15, 0.2) is 42.0 Å². The van der Waals surface area contributed by atoms with Crippen LogP contribution in [0.3, 0.4) is 0 Å². The lowest BCUT2D eigenvalue weighted by Crippen LogP contribution is -2.37. The number of carbonyl (C=O) groups excluding carboxylic acids is 2. The second-order valence-corrected chi connectivity index (χ2v) is 5.30. The predicted octanol–water partition coefficient (Wildman–Crippen LogP) is 2.86. The summed E-state index contributed by atoms with van der Waals surface area (Å²) in [6.45, 7) is 3.90. The summed E-state index contributed by atoms with van der Waals surface area (Å²) < 4.78 is 5.59. The third-order valence-electron chi connectivity index (χ3n) is 3.82. The van der Waals surface area contributed by atoms with Crippen molar-refractivity contribution in [2.24, 2.45) is 0 Å². The zero-order valence-electron chi connectivity index (χ0n) is 12.7. The summed E-state index contributed by atoms with van der Waals surface area (Å²) >= 11 is 0. The van der Waals surface area contributed by atoms with Gasteiger partial charge in [0.05, 0.1) is 6.04 Å². The molecule has 1 aromatic carbocycles. The highest BCUT2D eigenvalue weighted by atomic mass is 16.5. The van der Waals surface area contributed by atoms with Crippen molar-refractivity contribution in [1.82, 2.24) is 4.90 Å². The molecule has 2 atom stereocenters. The van der Waals surface area contributed by atoms with Crippen LogP contribution in [0.5, 0.6) is 0 Å². The lowest BCUT2D eigenvalue weighted by atomic mass is 10.0. The molecule has 1 aliphatic heterocycles. The summed E-state index contributed by atoms with van der Waals surface area (Å²) in [5.74, 6) is -0.794. The van der Waals surface area contributed by atoms with Gasteiger partial charge in [0, 0.05) is 7.05 Å². The Kier molecular flexibility index (Phi) is 4.78. The van der Waals surface area contributed by atoms with Gasteiger partial charge in [0.2, 0.25) is 0 Å². The lowest BCUT2D eigenvalue weighted by Gasteiger charge is -2.28. The molecule has 1 heterocycles. The average molecular weight is 287 g/mol. The number of unbranched alkanes of at least 4 members (excludes halogenated alkanes) is 1. The van der Waals surface area contributed by atoms with Crippen LogP contribution in [0.2, 0.25) is 0 Å². The van der Waals surface area contributed by atoms with Crippen LogP contribution in [0, 0.1) is 0 Å². The zero-order valence-corrected chi connectivity index (χ0v) is 12.7. The Balaban J connectivity index is 2.36. The van der Waals surface area contributed by atoms with Crippen LogP contribution in [-0.2, 0) is 14.3 Å². The third-order valence-corrected chi connectivity index (χ3v) is 3.82. The Morgan fingerprint density at radius 3 is 2.52 bits per heavy atom. The number of amides is 1. The number of ether oxygens (including phenoxy) is 1. The number of nitrogens with zero attached hydrogens (tertiary/aromatic N) is 1. The van der Waals surface area contributed by atoms with E-state index in [0.717, 1.165) is 12.0 Å². The quantitative estimate of drug-likeness (QED) is 0.488. The van der Waals surface area contributed by atoms with E-state index in [4.69, 9.17) is 4.74 Å². The molecule has 1 saturated heterocycles. The van der Waals surface area contributed by atoms with E-state index in [1.165, 1.54) is 0 Å². The summed E-state index contributed by atoms with van der Waals surface area (Å²) in [6, 6.07) is 9.32. The predicted molar refractivity (Wildman–Crippen MR) is 80.5 cm³/mol. The molecule has 112 valence electrons. The summed E-state index contributed by atoms with van der Waals surface area (Å²) in [5, 5.41) is 0. The number of allylic oxidation sites excluding steroid dienone is 1. The second-order valence-electron chi connectivity index (χ2n) is 5.30. The van der Waals surface area contributed by atoms with Gasteiger partial charge < -0.3 is 9.64 Å². The smallest absolute Gasteiger partial charge is 0.344 e. The molecule has 0 aliphatic carbocycles. The van der Waals surface area contributed by atoms with Gasteiger partial charge in [0.25, 0.3) is 5.91 Å². The summed E-state index contributed by atoms with van der Waals surface area (Å²) in [4.78, 5) is 26.3. The molecule has 0 N–H and O–H groups in total. The molecule has 2 rings (SSSR count). The minimum Gasteiger partial charge on any atom is -0.452 e. The first-order chi connectivity index (χ1) is 10.1. The van der Waals surface area contributed by atoms with Crippen LogP contribution >= 0.6 is 0 Å². The van der Waals surface area contributed by atoms with Crippen LogP contribution in [-0.4, -0.2) is 29.9 Å². The molecule has 0 bridgehead atoms. The van der Waals surface area contributed by atoms with E-state index in [2.05, 4.69) is 0 Å². The van der Waals surface area contributed by atoms with Crippen molar-refractivity contribution in [2.75, 3.05) is 7.05 Å². The Bertz CT molecular complexity index is 550. The van der Waals surface area contributed by atoms with Gasteiger partial charge >= 0.3 is 5.97 Å². The number of benzene rings is 1. The largest absolute Gasteiger partial charge is 0.452 e. The number of rotatable bonds is 3. The maximum atomic E-state index is 12.4. The molecule has 0 saturated carbocycles. The van der Waals surface area contributed by atoms with Crippen molar-refractivity contribution in [2.45, 2.75) is 38.8 Å². The van der Waals surface area contributed by atoms with E-state index in [0.29, 0.717) is 6.42 Å². The minimum absolute atomic E-state index is 0.143. The topological polar surface area (TPSA) is 46.6 Å². The number of carbonyl (C=O) groups is 2. The number of likely N-dealkylation sites (N-methyl/N-ethyl adjacent to an activating group) is 1.